The molecule has 0 saturated heterocycles. The van der Waals surface area contributed by atoms with Crippen LogP contribution in [-0.2, 0) is 19.0 Å². The van der Waals surface area contributed by atoms with Gasteiger partial charge in [-0.1, -0.05) is 19.9 Å². The van der Waals surface area contributed by atoms with E-state index in [0.717, 1.165) is 58.5 Å². The van der Waals surface area contributed by atoms with Crippen LogP contribution < -0.4 is 0 Å². The molecule has 0 spiro atoms. The van der Waals surface area contributed by atoms with E-state index in [4.69, 9.17) is 14.2 Å². The first-order valence-corrected chi connectivity index (χ1v) is 7.66. The lowest BCUT2D eigenvalue weighted by molar-refractivity contribution is -0.139. The Morgan fingerprint density at radius 3 is 1.75 bits per heavy atom. The van der Waals surface area contributed by atoms with E-state index < -0.39 is 0 Å². The van der Waals surface area contributed by atoms with Crippen LogP contribution in [-0.4, -0.2) is 39.0 Å². The molecule has 0 aliphatic carbocycles. The van der Waals surface area contributed by atoms with E-state index in [0.29, 0.717) is 12.2 Å². The van der Waals surface area contributed by atoms with Crippen molar-refractivity contribution in [3.8, 4) is 0 Å². The Labute approximate surface area is 123 Å². The summed E-state index contributed by atoms with van der Waals surface area (Å²) in [6, 6.07) is 0. The summed E-state index contributed by atoms with van der Waals surface area (Å²) in [6.07, 6.45) is 6.17. The van der Waals surface area contributed by atoms with Crippen LogP contribution in [0.25, 0.3) is 0 Å². The van der Waals surface area contributed by atoms with Gasteiger partial charge in [0.15, 0.2) is 0 Å². The first-order valence-electron chi connectivity index (χ1n) is 7.66. The average Bonchev–Trinajstić information content (AvgIpc) is 2.43. The zero-order chi connectivity index (χ0) is 15.1. The molecule has 0 saturated carbocycles. The van der Waals surface area contributed by atoms with Crippen LogP contribution in [0.3, 0.4) is 0 Å². The number of rotatable bonds is 14. The number of carbonyl (C=O) groups excluding carboxylic acids is 1. The molecular formula is C16H30O4. The molecule has 0 bridgehead atoms. The molecule has 0 N–H and O–H groups in total. The first-order chi connectivity index (χ1) is 9.68. The van der Waals surface area contributed by atoms with Gasteiger partial charge in [0.2, 0.25) is 0 Å². The second kappa shape index (κ2) is 14.5. The van der Waals surface area contributed by atoms with Gasteiger partial charge < -0.3 is 14.2 Å². The molecule has 0 heterocycles. The van der Waals surface area contributed by atoms with E-state index in [1.54, 1.807) is 6.92 Å². The second-order valence-corrected chi connectivity index (χ2v) is 4.91. The molecule has 4 nitrogen and oxygen atoms in total. The predicted molar refractivity (Wildman–Crippen MR) is 80.8 cm³/mol. The van der Waals surface area contributed by atoms with Crippen molar-refractivity contribution in [3.05, 3.63) is 12.2 Å². The summed E-state index contributed by atoms with van der Waals surface area (Å²) in [4.78, 5) is 11.1. The molecule has 0 aromatic carbocycles. The summed E-state index contributed by atoms with van der Waals surface area (Å²) >= 11 is 0. The van der Waals surface area contributed by atoms with Gasteiger partial charge in [0.05, 0.1) is 6.61 Å². The maximum atomic E-state index is 11.1. The maximum Gasteiger partial charge on any atom is 0.333 e. The Bertz CT molecular complexity index is 251. The minimum atomic E-state index is -0.311. The van der Waals surface area contributed by atoms with Gasteiger partial charge in [0.1, 0.15) is 0 Å². The SMILES string of the molecule is C=C(C)C(=O)OCCCCOCCCCOCCCC. The lowest BCUT2D eigenvalue weighted by Crippen LogP contribution is -2.07. The molecule has 20 heavy (non-hydrogen) atoms. The highest BCUT2D eigenvalue weighted by Crippen LogP contribution is 1.98. The highest BCUT2D eigenvalue weighted by Gasteiger charge is 2.01. The van der Waals surface area contributed by atoms with Crippen LogP contribution in [0.2, 0.25) is 0 Å². The number of hydrogen-bond acceptors (Lipinski definition) is 4. The molecule has 0 fully saturated rings. The third kappa shape index (κ3) is 13.6. The minimum absolute atomic E-state index is 0.311. The highest BCUT2D eigenvalue weighted by atomic mass is 16.5. The molecule has 4 heteroatoms. The van der Waals surface area contributed by atoms with Crippen LogP contribution in [0.4, 0.5) is 0 Å². The lowest BCUT2D eigenvalue weighted by Gasteiger charge is -2.06. The standard InChI is InChI=1S/C16H30O4/c1-4-5-10-18-11-6-7-12-19-13-8-9-14-20-16(17)15(2)3/h2,4-14H2,1,3H3. The normalized spacial score (nSPS) is 10.5. The topological polar surface area (TPSA) is 44.8 Å². The number of ether oxygens (including phenoxy) is 3. The van der Waals surface area contributed by atoms with Crippen molar-refractivity contribution in [3.63, 3.8) is 0 Å². The monoisotopic (exact) mass is 286 g/mol. The van der Waals surface area contributed by atoms with E-state index >= 15 is 0 Å². The second-order valence-electron chi connectivity index (χ2n) is 4.91. The largest absolute Gasteiger partial charge is 0.462 e. The Balaban J connectivity index is 3.06. The number of esters is 1. The third-order valence-electron chi connectivity index (χ3n) is 2.73. The smallest absolute Gasteiger partial charge is 0.333 e. The van der Waals surface area contributed by atoms with Crippen LogP contribution in [0.15, 0.2) is 12.2 Å². The first kappa shape index (κ1) is 19.1. The molecular weight excluding hydrogens is 256 g/mol. The van der Waals surface area contributed by atoms with E-state index in [-0.39, 0.29) is 5.97 Å². The van der Waals surface area contributed by atoms with Gasteiger partial charge >= 0.3 is 5.97 Å². The predicted octanol–water partition coefficient (Wildman–Crippen LogP) is 3.50. The molecule has 0 atom stereocenters. The molecule has 0 aromatic rings. The molecule has 118 valence electrons. The van der Waals surface area contributed by atoms with E-state index in [9.17, 15) is 4.79 Å². The quantitative estimate of drug-likeness (QED) is 0.278. The van der Waals surface area contributed by atoms with Gasteiger partial charge in [-0.15, -0.1) is 0 Å². The van der Waals surface area contributed by atoms with Gasteiger partial charge in [-0.2, -0.15) is 0 Å². The van der Waals surface area contributed by atoms with Crippen LogP contribution in [0.5, 0.6) is 0 Å². The van der Waals surface area contributed by atoms with Gasteiger partial charge in [-0.25, -0.2) is 4.79 Å². The molecule has 0 unspecified atom stereocenters. The van der Waals surface area contributed by atoms with Gasteiger partial charge in [0.25, 0.3) is 0 Å². The van der Waals surface area contributed by atoms with Crippen molar-refractivity contribution in [2.75, 3.05) is 33.0 Å². The summed E-state index contributed by atoms with van der Waals surface area (Å²) in [5.74, 6) is -0.311. The Morgan fingerprint density at radius 2 is 1.30 bits per heavy atom. The maximum absolute atomic E-state index is 11.1. The number of unbranched alkanes of at least 4 members (excludes halogenated alkanes) is 3. The summed E-state index contributed by atoms with van der Waals surface area (Å²) in [5, 5.41) is 0. The van der Waals surface area contributed by atoms with Crippen LogP contribution in [0.1, 0.15) is 52.4 Å². The van der Waals surface area contributed by atoms with Gasteiger partial charge in [-0.3, -0.25) is 0 Å². The van der Waals surface area contributed by atoms with Crippen LogP contribution >= 0.6 is 0 Å². The van der Waals surface area contributed by atoms with Crippen molar-refractivity contribution in [1.29, 1.82) is 0 Å². The van der Waals surface area contributed by atoms with Crippen molar-refractivity contribution in [2.45, 2.75) is 52.4 Å². The summed E-state index contributed by atoms with van der Waals surface area (Å²) in [7, 11) is 0. The fraction of sp³-hybridized carbons (Fsp3) is 0.812. The van der Waals surface area contributed by atoms with E-state index in [1.807, 2.05) is 0 Å². The van der Waals surface area contributed by atoms with Crippen molar-refractivity contribution >= 4 is 5.97 Å². The number of carbonyl (C=O) groups is 1. The molecule has 0 amide bonds. The third-order valence-corrected chi connectivity index (χ3v) is 2.73. The zero-order valence-corrected chi connectivity index (χ0v) is 13.1. The van der Waals surface area contributed by atoms with Crippen molar-refractivity contribution < 1.29 is 19.0 Å². The fourth-order valence-electron chi connectivity index (χ4n) is 1.45. The molecule has 0 rings (SSSR count). The summed E-state index contributed by atoms with van der Waals surface area (Å²) in [5.41, 5.74) is 0.447. The zero-order valence-electron chi connectivity index (χ0n) is 13.1. The molecule has 0 aliphatic rings. The Morgan fingerprint density at radius 1 is 0.850 bits per heavy atom. The van der Waals surface area contributed by atoms with Gasteiger partial charge in [0, 0.05) is 32.0 Å². The molecule has 0 aliphatic heterocycles. The summed E-state index contributed by atoms with van der Waals surface area (Å²) < 4.78 is 16.0. The Hall–Kier alpha value is -0.870. The van der Waals surface area contributed by atoms with Gasteiger partial charge in [-0.05, 0) is 39.0 Å². The van der Waals surface area contributed by atoms with Crippen molar-refractivity contribution in [2.24, 2.45) is 0 Å². The molecule has 0 radical (unpaired) electrons. The highest BCUT2D eigenvalue weighted by molar-refractivity contribution is 5.86. The Kier molecular flexibility index (Phi) is 13.9. The van der Waals surface area contributed by atoms with Crippen LogP contribution in [0, 0.1) is 0 Å². The summed E-state index contributed by atoms with van der Waals surface area (Å²) in [6.45, 7) is 11.0. The minimum Gasteiger partial charge on any atom is -0.462 e. The van der Waals surface area contributed by atoms with Crippen molar-refractivity contribution in [1.82, 2.24) is 0 Å². The lowest BCUT2D eigenvalue weighted by atomic mass is 10.3. The van der Waals surface area contributed by atoms with E-state index in [2.05, 4.69) is 13.5 Å². The number of hydrogen-bond donors (Lipinski definition) is 0. The average molecular weight is 286 g/mol. The fourth-order valence-corrected chi connectivity index (χ4v) is 1.45. The van der Waals surface area contributed by atoms with E-state index in [1.165, 1.54) is 6.42 Å². The molecule has 0 aromatic heterocycles.